The summed E-state index contributed by atoms with van der Waals surface area (Å²) < 4.78 is 22.5. The molecule has 1 heterocycles. The predicted octanol–water partition coefficient (Wildman–Crippen LogP) is 3.76. The highest BCUT2D eigenvalue weighted by Crippen LogP contribution is 2.29. The van der Waals surface area contributed by atoms with Crippen molar-refractivity contribution in [3.8, 4) is 11.4 Å². The number of carbonyl (C=O) groups is 1. The van der Waals surface area contributed by atoms with Gasteiger partial charge in [0.05, 0.1) is 16.9 Å². The number of halogens is 1. The Kier molecular flexibility index (Phi) is 6.87. The van der Waals surface area contributed by atoms with Crippen LogP contribution in [0.4, 0.5) is 4.39 Å². The molecule has 0 saturated carbocycles. The van der Waals surface area contributed by atoms with Crippen LogP contribution in [0.2, 0.25) is 0 Å². The predicted molar refractivity (Wildman–Crippen MR) is 117 cm³/mol. The van der Waals surface area contributed by atoms with Crippen molar-refractivity contribution in [3.05, 3.63) is 76.9 Å². The summed E-state index contributed by atoms with van der Waals surface area (Å²) >= 11 is 0. The fourth-order valence-corrected chi connectivity index (χ4v) is 3.51. The molecule has 0 fully saturated rings. The van der Waals surface area contributed by atoms with Crippen molar-refractivity contribution in [2.24, 2.45) is 0 Å². The molecular formula is C24H28FN3O3. The van der Waals surface area contributed by atoms with Gasteiger partial charge >= 0.3 is 0 Å². The Bertz CT molecular complexity index is 1030. The van der Waals surface area contributed by atoms with Gasteiger partial charge in [-0.3, -0.25) is 9.69 Å². The van der Waals surface area contributed by atoms with Gasteiger partial charge in [0.15, 0.2) is 17.9 Å². The molecule has 2 aromatic carbocycles. The summed E-state index contributed by atoms with van der Waals surface area (Å²) in [6.45, 7) is 5.44. The van der Waals surface area contributed by atoms with Crippen LogP contribution in [0, 0.1) is 12.7 Å². The van der Waals surface area contributed by atoms with Crippen LogP contribution in [-0.2, 0) is 6.42 Å². The SMILES string of the molecule is Cc1c(Cc2ccc(-n3cccn3)cc2)cc(C=O)c(OCN(C)CC(C)(C)O)c1F. The molecule has 31 heavy (non-hydrogen) atoms. The summed E-state index contributed by atoms with van der Waals surface area (Å²) in [5, 5.41) is 14.1. The molecule has 0 unspecified atom stereocenters. The number of ether oxygens (including phenoxy) is 1. The van der Waals surface area contributed by atoms with Crippen molar-refractivity contribution in [2.45, 2.75) is 32.8 Å². The lowest BCUT2D eigenvalue weighted by molar-refractivity contribution is 0.0205. The average molecular weight is 426 g/mol. The first-order valence-electron chi connectivity index (χ1n) is 10.1. The summed E-state index contributed by atoms with van der Waals surface area (Å²) in [7, 11) is 1.75. The molecule has 1 N–H and O–H groups in total. The Balaban J connectivity index is 1.78. The lowest BCUT2D eigenvalue weighted by Crippen LogP contribution is -2.38. The van der Waals surface area contributed by atoms with Crippen LogP contribution in [0.1, 0.15) is 40.9 Å². The van der Waals surface area contributed by atoms with E-state index < -0.39 is 11.4 Å². The molecule has 3 rings (SSSR count). The van der Waals surface area contributed by atoms with Crippen LogP contribution in [0.25, 0.3) is 5.69 Å². The lowest BCUT2D eigenvalue weighted by atomic mass is 9.97. The van der Waals surface area contributed by atoms with E-state index in [0.717, 1.165) is 16.8 Å². The number of aliphatic hydroxyl groups is 1. The molecule has 0 aliphatic rings. The number of aldehydes is 1. The van der Waals surface area contributed by atoms with Crippen LogP contribution in [0.15, 0.2) is 48.8 Å². The maximum Gasteiger partial charge on any atom is 0.169 e. The average Bonchev–Trinajstić information content (AvgIpc) is 3.24. The number of nitrogens with zero attached hydrogens (tertiary/aromatic N) is 3. The number of rotatable bonds is 9. The molecule has 164 valence electrons. The highest BCUT2D eigenvalue weighted by Gasteiger charge is 2.20. The van der Waals surface area contributed by atoms with Gasteiger partial charge in [-0.15, -0.1) is 0 Å². The topological polar surface area (TPSA) is 67.6 Å². The largest absolute Gasteiger partial charge is 0.474 e. The number of benzene rings is 2. The minimum Gasteiger partial charge on any atom is -0.474 e. The van der Waals surface area contributed by atoms with Crippen LogP contribution >= 0.6 is 0 Å². The van der Waals surface area contributed by atoms with Gasteiger partial charge in [0.1, 0.15) is 6.73 Å². The van der Waals surface area contributed by atoms with E-state index >= 15 is 4.39 Å². The summed E-state index contributed by atoms with van der Waals surface area (Å²) in [6.07, 6.45) is 4.68. The molecule has 0 amide bonds. The van der Waals surface area contributed by atoms with Crippen molar-refractivity contribution in [3.63, 3.8) is 0 Å². The Hall–Kier alpha value is -3.03. The molecule has 3 aromatic rings. The van der Waals surface area contributed by atoms with Gasteiger partial charge in [-0.2, -0.15) is 5.10 Å². The minimum atomic E-state index is -0.906. The summed E-state index contributed by atoms with van der Waals surface area (Å²) in [5.74, 6) is -0.600. The molecule has 7 heteroatoms. The molecule has 0 aliphatic heterocycles. The highest BCUT2D eigenvalue weighted by molar-refractivity contribution is 5.80. The second-order valence-corrected chi connectivity index (χ2v) is 8.40. The third kappa shape index (κ3) is 5.77. The first kappa shape index (κ1) is 22.7. The minimum absolute atomic E-state index is 0.0510. The molecule has 0 spiro atoms. The van der Waals surface area contributed by atoms with E-state index in [4.69, 9.17) is 4.74 Å². The van der Waals surface area contributed by atoms with E-state index in [1.807, 2.05) is 36.5 Å². The fraction of sp³-hybridized carbons (Fsp3) is 0.333. The van der Waals surface area contributed by atoms with Gasteiger partial charge in [-0.05, 0) is 75.2 Å². The Morgan fingerprint density at radius 2 is 2.00 bits per heavy atom. The molecule has 0 radical (unpaired) electrons. The van der Waals surface area contributed by atoms with Gasteiger partial charge < -0.3 is 9.84 Å². The van der Waals surface area contributed by atoms with Crippen LogP contribution < -0.4 is 4.74 Å². The fourth-order valence-electron chi connectivity index (χ4n) is 3.51. The van der Waals surface area contributed by atoms with E-state index in [2.05, 4.69) is 5.10 Å². The first-order valence-corrected chi connectivity index (χ1v) is 10.1. The Morgan fingerprint density at radius 3 is 2.58 bits per heavy atom. The van der Waals surface area contributed by atoms with Crippen LogP contribution in [0.5, 0.6) is 5.75 Å². The van der Waals surface area contributed by atoms with E-state index in [1.165, 1.54) is 0 Å². The standard InChI is InChI=1S/C24H28FN3O3/c1-17-19(12-18-6-8-21(9-7-18)28-11-5-10-26-28)13-20(14-29)23(22(17)25)31-16-27(4)15-24(2,3)30/h5-11,13-14,30H,12,15-16H2,1-4H3. The maximum atomic E-state index is 15.1. The second kappa shape index (κ2) is 9.41. The van der Waals surface area contributed by atoms with Crippen molar-refractivity contribution in [2.75, 3.05) is 20.3 Å². The van der Waals surface area contributed by atoms with Crippen LogP contribution in [-0.4, -0.2) is 52.0 Å². The van der Waals surface area contributed by atoms with Gasteiger partial charge in [0, 0.05) is 18.9 Å². The quantitative estimate of drug-likeness (QED) is 0.418. The Morgan fingerprint density at radius 1 is 1.29 bits per heavy atom. The lowest BCUT2D eigenvalue weighted by Gasteiger charge is -2.26. The monoisotopic (exact) mass is 425 g/mol. The van der Waals surface area contributed by atoms with Crippen molar-refractivity contribution in [1.82, 2.24) is 14.7 Å². The first-order chi connectivity index (χ1) is 14.7. The van der Waals surface area contributed by atoms with Crippen molar-refractivity contribution < 1.29 is 19.0 Å². The van der Waals surface area contributed by atoms with Crippen LogP contribution in [0.3, 0.4) is 0 Å². The molecule has 6 nitrogen and oxygen atoms in total. The maximum absolute atomic E-state index is 15.1. The molecule has 0 bridgehead atoms. The number of carbonyl (C=O) groups excluding carboxylic acids is 1. The number of hydrogen-bond acceptors (Lipinski definition) is 5. The zero-order valence-corrected chi connectivity index (χ0v) is 18.3. The molecule has 0 aliphatic carbocycles. The van der Waals surface area contributed by atoms with E-state index in [-0.39, 0.29) is 18.0 Å². The van der Waals surface area contributed by atoms with Gasteiger partial charge in [0.2, 0.25) is 0 Å². The van der Waals surface area contributed by atoms with Crippen molar-refractivity contribution >= 4 is 6.29 Å². The third-order valence-electron chi connectivity index (χ3n) is 4.92. The number of likely N-dealkylation sites (N-methyl/N-ethyl adjacent to an activating group) is 1. The zero-order valence-electron chi connectivity index (χ0n) is 18.3. The smallest absolute Gasteiger partial charge is 0.169 e. The molecule has 0 atom stereocenters. The summed E-state index contributed by atoms with van der Waals surface area (Å²) in [4.78, 5) is 13.4. The number of aromatic nitrogens is 2. The normalized spacial score (nSPS) is 11.7. The zero-order chi connectivity index (χ0) is 22.6. The molecular weight excluding hydrogens is 397 g/mol. The van der Waals surface area contributed by atoms with Gasteiger partial charge in [-0.25, -0.2) is 9.07 Å². The van der Waals surface area contributed by atoms with Gasteiger partial charge in [0.25, 0.3) is 0 Å². The number of hydrogen-bond donors (Lipinski definition) is 1. The van der Waals surface area contributed by atoms with E-state index in [1.54, 1.807) is 49.7 Å². The van der Waals surface area contributed by atoms with E-state index in [0.29, 0.717) is 24.8 Å². The summed E-state index contributed by atoms with van der Waals surface area (Å²) in [5.41, 5.74) is 2.36. The highest BCUT2D eigenvalue weighted by atomic mass is 19.1. The Labute approximate surface area is 181 Å². The molecule has 1 aromatic heterocycles. The van der Waals surface area contributed by atoms with E-state index in [9.17, 15) is 9.90 Å². The molecule has 0 saturated heterocycles. The van der Waals surface area contributed by atoms with Gasteiger partial charge in [-0.1, -0.05) is 12.1 Å². The second-order valence-electron chi connectivity index (χ2n) is 8.40. The third-order valence-corrected chi connectivity index (χ3v) is 4.92. The summed E-state index contributed by atoms with van der Waals surface area (Å²) in [6, 6.07) is 11.4. The van der Waals surface area contributed by atoms with Crippen molar-refractivity contribution in [1.29, 1.82) is 0 Å².